The van der Waals surface area contributed by atoms with E-state index >= 15 is 0 Å². The first-order chi connectivity index (χ1) is 17.0. The summed E-state index contributed by atoms with van der Waals surface area (Å²) >= 11 is 0. The van der Waals surface area contributed by atoms with Crippen molar-refractivity contribution in [3.8, 4) is 0 Å². The Kier molecular flexibility index (Phi) is 8.42. The molecule has 0 aliphatic carbocycles. The van der Waals surface area contributed by atoms with Crippen molar-refractivity contribution in [1.82, 2.24) is 5.32 Å². The summed E-state index contributed by atoms with van der Waals surface area (Å²) in [7, 11) is 0. The van der Waals surface area contributed by atoms with Crippen LogP contribution in [-0.2, 0) is 34.0 Å². The first-order valence-electron chi connectivity index (χ1n) is 10.9. The predicted molar refractivity (Wildman–Crippen MR) is 122 cm³/mol. The number of benzene rings is 3. The average Bonchev–Trinajstić information content (AvgIpc) is 2.85. The van der Waals surface area contributed by atoms with Crippen molar-refractivity contribution < 1.29 is 35.9 Å². The first-order valence-corrected chi connectivity index (χ1v) is 10.9. The number of carbonyl (C=O) groups is 1. The van der Waals surface area contributed by atoms with Crippen molar-refractivity contribution in [1.29, 1.82) is 0 Å². The molecule has 3 N–H and O–H groups in total. The first kappa shape index (κ1) is 27.2. The quantitative estimate of drug-likeness (QED) is 0.280. The van der Waals surface area contributed by atoms with Gasteiger partial charge in [0.15, 0.2) is 0 Å². The van der Waals surface area contributed by atoms with Crippen molar-refractivity contribution in [3.05, 3.63) is 107 Å². The van der Waals surface area contributed by atoms with Crippen LogP contribution in [0.2, 0.25) is 0 Å². The van der Waals surface area contributed by atoms with E-state index < -0.39 is 41.5 Å². The average molecular weight is 510 g/mol. The summed E-state index contributed by atoms with van der Waals surface area (Å²) in [5.74, 6) is -0.625. The smallest absolute Gasteiger partial charge is 0.376 e. The number of rotatable bonds is 10. The summed E-state index contributed by atoms with van der Waals surface area (Å²) in [6, 6.07) is 19.2. The molecule has 0 saturated heterocycles. The number of carbonyl (C=O) groups excluding carboxylic acids is 1. The minimum absolute atomic E-state index is 0.0418. The molecule has 36 heavy (non-hydrogen) atoms. The fraction of sp³-hybridized carbons (Fsp3) is 0.269. The highest BCUT2D eigenvalue weighted by Crippen LogP contribution is 2.37. The van der Waals surface area contributed by atoms with Crippen molar-refractivity contribution in [2.45, 2.75) is 24.5 Å². The largest absolute Gasteiger partial charge is 0.416 e. The molecule has 4 nitrogen and oxygen atoms in total. The van der Waals surface area contributed by atoms with Crippen LogP contribution >= 0.6 is 0 Å². The molecule has 0 fully saturated rings. The Hall–Kier alpha value is -3.37. The Balaban J connectivity index is 1.92. The van der Waals surface area contributed by atoms with Gasteiger partial charge in [-0.3, -0.25) is 4.79 Å². The summed E-state index contributed by atoms with van der Waals surface area (Å²) in [6.45, 7) is -0.650. The van der Waals surface area contributed by atoms with Crippen LogP contribution in [0.1, 0.15) is 27.8 Å². The number of amides is 1. The molecular weight excluding hydrogens is 486 g/mol. The van der Waals surface area contributed by atoms with Crippen LogP contribution in [0.3, 0.4) is 0 Å². The third-order valence-corrected chi connectivity index (χ3v) is 5.83. The van der Waals surface area contributed by atoms with Gasteiger partial charge < -0.3 is 15.8 Å². The summed E-state index contributed by atoms with van der Waals surface area (Å²) in [5, 5.41) is 2.56. The van der Waals surface area contributed by atoms with Crippen molar-refractivity contribution in [2.24, 2.45) is 11.7 Å². The summed E-state index contributed by atoms with van der Waals surface area (Å²) in [5.41, 5.74) is 3.99. The standard InChI is InChI=1S/C26H24F6N2O2/c27-25(28,29)21-11-18(12-22(13-21)26(30,31)32)15-36-16-23(14-34-17-35)24(33,19-7-3-1-4-8-19)20-9-5-2-6-10-20/h1-13,17,23H,14-16,33H2,(H,34,35). The molecule has 0 aliphatic rings. The zero-order valence-corrected chi connectivity index (χ0v) is 18.9. The van der Waals surface area contributed by atoms with Gasteiger partial charge in [-0.1, -0.05) is 60.7 Å². The van der Waals surface area contributed by atoms with Gasteiger partial charge in [0.2, 0.25) is 6.41 Å². The third-order valence-electron chi connectivity index (χ3n) is 5.83. The van der Waals surface area contributed by atoms with Crippen molar-refractivity contribution >= 4 is 6.41 Å². The summed E-state index contributed by atoms with van der Waals surface area (Å²) < 4.78 is 84.8. The molecule has 0 heterocycles. The van der Waals surface area contributed by atoms with Gasteiger partial charge in [-0.25, -0.2) is 0 Å². The van der Waals surface area contributed by atoms with E-state index in [1.807, 2.05) is 0 Å². The minimum atomic E-state index is -4.96. The lowest BCUT2D eigenvalue weighted by atomic mass is 9.74. The molecule has 0 spiro atoms. The molecule has 0 radical (unpaired) electrons. The fourth-order valence-corrected chi connectivity index (χ4v) is 4.03. The Bertz CT molecular complexity index is 1060. The topological polar surface area (TPSA) is 64.3 Å². The van der Waals surface area contributed by atoms with E-state index in [1.165, 1.54) is 0 Å². The lowest BCUT2D eigenvalue weighted by Gasteiger charge is -2.38. The van der Waals surface area contributed by atoms with E-state index in [1.54, 1.807) is 60.7 Å². The van der Waals surface area contributed by atoms with Gasteiger partial charge in [-0.05, 0) is 34.9 Å². The Morgan fingerprint density at radius 2 is 1.25 bits per heavy atom. The van der Waals surface area contributed by atoms with Gasteiger partial charge in [0.05, 0.1) is 29.9 Å². The van der Waals surface area contributed by atoms with Crippen molar-refractivity contribution in [3.63, 3.8) is 0 Å². The number of halogens is 6. The maximum Gasteiger partial charge on any atom is 0.416 e. The Labute approximate surface area is 204 Å². The third kappa shape index (κ3) is 6.44. The van der Waals surface area contributed by atoms with Gasteiger partial charge in [0.1, 0.15) is 0 Å². The second kappa shape index (κ2) is 11.1. The molecule has 1 atom stereocenters. The summed E-state index contributed by atoms with van der Waals surface area (Å²) in [4.78, 5) is 11.1. The fourth-order valence-electron chi connectivity index (χ4n) is 4.03. The molecule has 10 heteroatoms. The molecule has 0 aliphatic heterocycles. The Morgan fingerprint density at radius 1 is 0.778 bits per heavy atom. The van der Waals surface area contributed by atoms with Crippen LogP contribution in [-0.4, -0.2) is 19.6 Å². The highest BCUT2D eigenvalue weighted by molar-refractivity contribution is 5.46. The number of hydrogen-bond donors (Lipinski definition) is 2. The number of alkyl halides is 6. The van der Waals surface area contributed by atoms with Crippen LogP contribution < -0.4 is 11.1 Å². The molecule has 1 unspecified atom stereocenters. The highest BCUT2D eigenvalue weighted by atomic mass is 19.4. The van der Waals surface area contributed by atoms with E-state index in [0.29, 0.717) is 29.7 Å². The molecule has 0 bridgehead atoms. The van der Waals surface area contributed by atoms with E-state index in [0.717, 1.165) is 0 Å². The lowest BCUT2D eigenvalue weighted by molar-refractivity contribution is -0.143. The van der Waals surface area contributed by atoms with Gasteiger partial charge in [0, 0.05) is 12.5 Å². The molecule has 3 aromatic carbocycles. The minimum Gasteiger partial charge on any atom is -0.376 e. The van der Waals surface area contributed by atoms with Crippen molar-refractivity contribution in [2.75, 3.05) is 13.2 Å². The number of ether oxygens (including phenoxy) is 1. The van der Waals surface area contributed by atoms with E-state index in [4.69, 9.17) is 10.5 Å². The maximum atomic E-state index is 13.2. The number of nitrogens with one attached hydrogen (secondary N) is 1. The SMILES string of the molecule is NC(c1ccccc1)(c1ccccc1)C(CNC=O)COCc1cc(C(F)(F)F)cc(C(F)(F)F)c1. The number of nitrogens with two attached hydrogens (primary N) is 1. The van der Waals surface area contributed by atoms with E-state index in [2.05, 4.69) is 5.32 Å². The monoisotopic (exact) mass is 510 g/mol. The van der Waals surface area contributed by atoms with Gasteiger partial charge >= 0.3 is 12.4 Å². The van der Waals surface area contributed by atoms with Crippen LogP contribution in [0.5, 0.6) is 0 Å². The molecule has 3 rings (SSSR count). The van der Waals surface area contributed by atoms with Gasteiger partial charge in [-0.2, -0.15) is 26.3 Å². The van der Waals surface area contributed by atoms with Crippen LogP contribution in [0.15, 0.2) is 78.9 Å². The molecule has 1 amide bonds. The lowest BCUT2D eigenvalue weighted by Crippen LogP contribution is -2.50. The van der Waals surface area contributed by atoms with Gasteiger partial charge in [-0.15, -0.1) is 0 Å². The van der Waals surface area contributed by atoms with E-state index in [-0.39, 0.29) is 24.8 Å². The molecule has 3 aromatic rings. The zero-order valence-electron chi connectivity index (χ0n) is 18.9. The second-order valence-corrected chi connectivity index (χ2v) is 8.25. The van der Waals surface area contributed by atoms with E-state index in [9.17, 15) is 31.1 Å². The predicted octanol–water partition coefficient (Wildman–Crippen LogP) is 5.51. The Morgan fingerprint density at radius 3 is 1.67 bits per heavy atom. The maximum absolute atomic E-state index is 13.2. The summed E-state index contributed by atoms with van der Waals surface area (Å²) in [6.07, 6.45) is -9.44. The second-order valence-electron chi connectivity index (χ2n) is 8.25. The number of hydrogen-bond acceptors (Lipinski definition) is 3. The zero-order chi connectivity index (χ0) is 26.4. The molecule has 192 valence electrons. The molecule has 0 saturated carbocycles. The van der Waals surface area contributed by atoms with Crippen LogP contribution in [0.4, 0.5) is 26.3 Å². The van der Waals surface area contributed by atoms with Crippen LogP contribution in [0.25, 0.3) is 0 Å². The molecule has 0 aromatic heterocycles. The molecular formula is C26H24F6N2O2. The van der Waals surface area contributed by atoms with Crippen LogP contribution in [0, 0.1) is 5.92 Å². The normalized spacial score (nSPS) is 13.3. The highest BCUT2D eigenvalue weighted by Gasteiger charge is 2.39. The van der Waals surface area contributed by atoms with Gasteiger partial charge in [0.25, 0.3) is 0 Å².